The average Bonchev–Trinajstić information content (AvgIpc) is 2.01. The van der Waals surface area contributed by atoms with E-state index in [4.69, 9.17) is 5.26 Å². The van der Waals surface area contributed by atoms with Gasteiger partial charge in [0.25, 0.3) is 0 Å². The number of hydrogen-bond acceptors (Lipinski definition) is 1. The topological polar surface area (TPSA) is 23.8 Å². The quantitative estimate of drug-likeness (QED) is 0.408. The molecule has 1 rings (SSSR count). The molecule has 0 aliphatic rings. The highest BCUT2D eigenvalue weighted by Crippen LogP contribution is 2.20. The normalized spacial score (nSPS) is 9.58. The summed E-state index contributed by atoms with van der Waals surface area (Å²) >= 11 is 1.37. The van der Waals surface area contributed by atoms with Gasteiger partial charge in [0.1, 0.15) is 23.3 Å². The summed E-state index contributed by atoms with van der Waals surface area (Å²) in [5.41, 5.74) is -0.749. The Morgan fingerprint density at radius 3 is 2.33 bits per heavy atom. The minimum absolute atomic E-state index is 0.370. The smallest absolute Gasteiger partial charge is 0.160 e. The van der Waals surface area contributed by atoms with Crippen LogP contribution in [0.2, 0.25) is 0 Å². The van der Waals surface area contributed by atoms with Crippen molar-refractivity contribution in [2.75, 3.05) is 0 Å². The molecule has 0 atom stereocenters. The Balaban J connectivity index is 3.54. The van der Waals surface area contributed by atoms with Gasteiger partial charge in [0.2, 0.25) is 0 Å². The van der Waals surface area contributed by atoms with E-state index in [1.165, 1.54) is 28.7 Å². The first-order valence-corrected chi connectivity index (χ1v) is 3.89. The molecular weight excluding hydrogens is 282 g/mol. The van der Waals surface area contributed by atoms with Crippen LogP contribution in [0, 0.1) is 32.4 Å². The van der Waals surface area contributed by atoms with E-state index in [-0.39, 0.29) is 3.57 Å². The number of rotatable bonds is 0. The van der Waals surface area contributed by atoms with Crippen molar-refractivity contribution in [2.45, 2.75) is 0 Å². The second-order valence-electron chi connectivity index (χ2n) is 1.95. The molecule has 1 nitrogen and oxygen atoms in total. The molecule has 0 saturated carbocycles. The predicted octanol–water partition coefficient (Wildman–Crippen LogP) is 2.58. The molecular formula is C7HF3IN. The lowest BCUT2D eigenvalue weighted by Gasteiger charge is -1.99. The molecule has 0 heterocycles. The highest BCUT2D eigenvalue weighted by atomic mass is 127. The molecule has 0 aromatic heterocycles. The zero-order valence-corrected chi connectivity index (χ0v) is 7.69. The Morgan fingerprint density at radius 1 is 1.25 bits per heavy atom. The minimum atomic E-state index is -1.17. The Hall–Kier alpha value is -0.770. The molecule has 0 fully saturated rings. The highest BCUT2D eigenvalue weighted by Gasteiger charge is 2.16. The van der Waals surface area contributed by atoms with Crippen LogP contribution in [0.5, 0.6) is 0 Å². The number of nitriles is 1. The van der Waals surface area contributed by atoms with Gasteiger partial charge in [-0.1, -0.05) is 0 Å². The van der Waals surface area contributed by atoms with Crippen molar-refractivity contribution in [1.29, 1.82) is 5.26 Å². The summed E-state index contributed by atoms with van der Waals surface area (Å²) in [4.78, 5) is 0. The van der Waals surface area contributed by atoms with Gasteiger partial charge in [-0.25, -0.2) is 13.2 Å². The number of halogens is 4. The molecule has 0 aliphatic carbocycles. The van der Waals surface area contributed by atoms with E-state index in [1.807, 2.05) is 0 Å². The Bertz CT molecular complexity index is 370. The van der Waals surface area contributed by atoms with Crippen LogP contribution < -0.4 is 0 Å². The molecule has 1 aromatic carbocycles. The average molecular weight is 283 g/mol. The zero-order chi connectivity index (χ0) is 9.30. The maximum Gasteiger partial charge on any atom is 0.160 e. The van der Waals surface area contributed by atoms with Crippen molar-refractivity contribution in [3.63, 3.8) is 0 Å². The molecule has 0 unspecified atom stereocenters. The van der Waals surface area contributed by atoms with E-state index in [9.17, 15) is 13.2 Å². The van der Waals surface area contributed by atoms with Crippen molar-refractivity contribution >= 4 is 22.6 Å². The molecule has 0 bridgehead atoms. The second kappa shape index (κ2) is 3.31. The van der Waals surface area contributed by atoms with Crippen molar-refractivity contribution < 1.29 is 13.2 Å². The van der Waals surface area contributed by atoms with E-state index in [1.54, 1.807) is 0 Å². The Morgan fingerprint density at radius 2 is 1.83 bits per heavy atom. The van der Waals surface area contributed by atoms with Crippen molar-refractivity contribution in [2.24, 2.45) is 0 Å². The summed E-state index contributed by atoms with van der Waals surface area (Å²) < 4.78 is 37.6. The van der Waals surface area contributed by atoms with Crippen LogP contribution in [0.25, 0.3) is 0 Å². The Labute approximate surface area is 79.9 Å². The van der Waals surface area contributed by atoms with Gasteiger partial charge in [-0.15, -0.1) is 0 Å². The summed E-state index contributed by atoms with van der Waals surface area (Å²) in [7, 11) is 0. The maximum absolute atomic E-state index is 12.8. The summed E-state index contributed by atoms with van der Waals surface area (Å²) in [5.74, 6) is -3.31. The molecule has 0 radical (unpaired) electrons. The summed E-state index contributed by atoms with van der Waals surface area (Å²) in [6, 6.07) is 1.80. The van der Waals surface area contributed by atoms with Gasteiger partial charge in [0.05, 0.1) is 3.57 Å². The molecule has 0 aliphatic heterocycles. The monoisotopic (exact) mass is 283 g/mol. The van der Waals surface area contributed by atoms with Gasteiger partial charge >= 0.3 is 0 Å². The summed E-state index contributed by atoms with van der Waals surface area (Å²) in [6.07, 6.45) is 0. The third-order valence-electron chi connectivity index (χ3n) is 1.23. The van der Waals surface area contributed by atoms with Gasteiger partial charge in [-0.2, -0.15) is 5.26 Å². The number of hydrogen-bond donors (Lipinski definition) is 0. The van der Waals surface area contributed by atoms with Crippen LogP contribution in [0.15, 0.2) is 6.07 Å². The lowest BCUT2D eigenvalue weighted by atomic mass is 10.2. The predicted molar refractivity (Wildman–Crippen MR) is 43.7 cm³/mol. The Kier molecular flexibility index (Phi) is 2.57. The molecule has 62 valence electrons. The van der Waals surface area contributed by atoms with Crippen LogP contribution in [0.4, 0.5) is 13.2 Å². The van der Waals surface area contributed by atoms with Crippen molar-refractivity contribution in [1.82, 2.24) is 0 Å². The van der Waals surface area contributed by atoms with Crippen LogP contribution >= 0.6 is 22.6 Å². The van der Waals surface area contributed by atoms with E-state index >= 15 is 0 Å². The summed E-state index contributed by atoms with van der Waals surface area (Å²) in [6.45, 7) is 0. The first-order valence-electron chi connectivity index (χ1n) is 2.81. The van der Waals surface area contributed by atoms with Gasteiger partial charge < -0.3 is 0 Å². The summed E-state index contributed by atoms with van der Waals surface area (Å²) in [5, 5.41) is 8.26. The first kappa shape index (κ1) is 9.32. The fourth-order valence-corrected chi connectivity index (χ4v) is 1.09. The molecule has 0 N–H and O–H groups in total. The van der Waals surface area contributed by atoms with Crippen molar-refractivity contribution in [3.8, 4) is 6.07 Å². The molecule has 0 spiro atoms. The van der Waals surface area contributed by atoms with Crippen molar-refractivity contribution in [3.05, 3.63) is 32.7 Å². The maximum atomic E-state index is 12.8. The third kappa shape index (κ3) is 1.39. The molecule has 0 amide bonds. The van der Waals surface area contributed by atoms with Gasteiger partial charge in [0, 0.05) is 6.07 Å². The lowest BCUT2D eigenvalue weighted by Crippen LogP contribution is -1.97. The molecule has 1 aromatic rings. The van der Waals surface area contributed by atoms with Gasteiger partial charge in [-0.05, 0) is 22.6 Å². The van der Waals surface area contributed by atoms with Crippen LogP contribution in [-0.2, 0) is 0 Å². The van der Waals surface area contributed by atoms with Gasteiger partial charge in [0.15, 0.2) is 5.82 Å². The molecule has 5 heteroatoms. The largest absolute Gasteiger partial charge is 0.206 e. The van der Waals surface area contributed by atoms with Crippen LogP contribution in [0.3, 0.4) is 0 Å². The van der Waals surface area contributed by atoms with E-state index in [0.717, 1.165) is 0 Å². The van der Waals surface area contributed by atoms with E-state index in [2.05, 4.69) is 0 Å². The molecule has 0 saturated heterocycles. The molecule has 12 heavy (non-hydrogen) atoms. The first-order chi connectivity index (χ1) is 5.57. The number of benzene rings is 1. The van der Waals surface area contributed by atoms with E-state index < -0.39 is 23.0 Å². The highest BCUT2D eigenvalue weighted by molar-refractivity contribution is 14.1. The van der Waals surface area contributed by atoms with Crippen LogP contribution in [-0.4, -0.2) is 0 Å². The lowest BCUT2D eigenvalue weighted by molar-refractivity contribution is 0.529. The second-order valence-corrected chi connectivity index (χ2v) is 3.03. The third-order valence-corrected chi connectivity index (χ3v) is 2.21. The zero-order valence-electron chi connectivity index (χ0n) is 5.54. The van der Waals surface area contributed by atoms with E-state index in [0.29, 0.717) is 6.07 Å². The standard InChI is InChI=1S/C7HF3IN/c8-4-1-5(9)7(11)6(10)3(4)2-12/h1H. The fourth-order valence-electron chi connectivity index (χ4n) is 0.669. The minimum Gasteiger partial charge on any atom is -0.206 e. The SMILES string of the molecule is N#Cc1c(F)cc(F)c(I)c1F. The van der Waals surface area contributed by atoms with Gasteiger partial charge in [-0.3, -0.25) is 0 Å². The fraction of sp³-hybridized carbons (Fsp3) is 0. The number of nitrogens with zero attached hydrogens (tertiary/aromatic N) is 1. The van der Waals surface area contributed by atoms with Crippen LogP contribution in [0.1, 0.15) is 5.56 Å².